The maximum atomic E-state index is 11.3. The number of ether oxygens (including phenoxy) is 1. The summed E-state index contributed by atoms with van der Waals surface area (Å²) in [5.74, 6) is 0.349. The molecule has 3 heteroatoms. The minimum atomic E-state index is -0.0844. The Bertz CT molecular complexity index is 161. The fourth-order valence-corrected chi connectivity index (χ4v) is 1.32. The summed E-state index contributed by atoms with van der Waals surface area (Å²) in [4.78, 5) is 11.3. The highest BCUT2D eigenvalue weighted by Crippen LogP contribution is 2.08. The molecule has 0 unspecified atom stereocenters. The second-order valence-electron chi connectivity index (χ2n) is 4.40. The Kier molecular flexibility index (Phi) is 7.47. The molecule has 0 amide bonds. The molecule has 0 aromatic carbocycles. The molecule has 14 heavy (non-hydrogen) atoms. The Morgan fingerprint density at radius 1 is 1.21 bits per heavy atom. The molecular formula is C11H21BrO2. The van der Waals surface area contributed by atoms with Crippen LogP contribution in [0.15, 0.2) is 0 Å². The molecule has 0 spiro atoms. The van der Waals surface area contributed by atoms with Gasteiger partial charge in [0.1, 0.15) is 5.78 Å². The molecule has 0 aliphatic heterocycles. The Labute approximate surface area is 95.5 Å². The highest BCUT2D eigenvalue weighted by atomic mass is 79.9. The third kappa shape index (κ3) is 10.2. The van der Waals surface area contributed by atoms with Gasteiger partial charge in [-0.25, -0.2) is 0 Å². The average molecular weight is 265 g/mol. The number of hydrogen-bond acceptors (Lipinski definition) is 2. The summed E-state index contributed by atoms with van der Waals surface area (Å²) < 4.78 is 5.52. The summed E-state index contributed by atoms with van der Waals surface area (Å²) in [6.45, 7) is 6.77. The third-order valence-electron chi connectivity index (χ3n) is 1.72. The molecule has 0 atom stereocenters. The first-order chi connectivity index (χ1) is 6.45. The predicted molar refractivity (Wildman–Crippen MR) is 63.0 cm³/mol. The van der Waals surface area contributed by atoms with Crippen molar-refractivity contribution in [2.45, 2.75) is 52.1 Å². The van der Waals surface area contributed by atoms with Crippen LogP contribution in [0.5, 0.6) is 0 Å². The van der Waals surface area contributed by atoms with Crippen LogP contribution in [0.2, 0.25) is 0 Å². The van der Waals surface area contributed by atoms with E-state index in [1.54, 1.807) is 0 Å². The zero-order valence-corrected chi connectivity index (χ0v) is 11.0. The molecule has 84 valence electrons. The lowest BCUT2D eigenvalue weighted by molar-refractivity contribution is -0.119. The quantitative estimate of drug-likeness (QED) is 0.521. The average Bonchev–Trinajstić information content (AvgIpc) is 2.07. The molecular weight excluding hydrogens is 244 g/mol. The van der Waals surface area contributed by atoms with Crippen molar-refractivity contribution in [1.29, 1.82) is 0 Å². The summed E-state index contributed by atoms with van der Waals surface area (Å²) in [5, 5.41) is 0.914. The van der Waals surface area contributed by atoms with Gasteiger partial charge in [0, 0.05) is 24.8 Å². The first kappa shape index (κ1) is 14.1. The summed E-state index contributed by atoms with van der Waals surface area (Å²) in [7, 11) is 0. The Morgan fingerprint density at radius 3 is 2.29 bits per heavy atom. The van der Waals surface area contributed by atoms with Crippen molar-refractivity contribution in [2.75, 3.05) is 11.9 Å². The third-order valence-corrected chi connectivity index (χ3v) is 2.29. The molecule has 0 saturated carbocycles. The number of carbonyl (C=O) groups excluding carboxylic acids is 1. The van der Waals surface area contributed by atoms with Crippen LogP contribution in [0.25, 0.3) is 0 Å². The van der Waals surface area contributed by atoms with E-state index in [0.717, 1.165) is 18.2 Å². The van der Waals surface area contributed by atoms with E-state index in [-0.39, 0.29) is 5.60 Å². The number of carbonyl (C=O) groups is 1. The molecule has 0 fully saturated rings. The molecule has 0 radical (unpaired) electrons. The zero-order valence-electron chi connectivity index (χ0n) is 9.44. The molecule has 0 N–H and O–H groups in total. The van der Waals surface area contributed by atoms with Crippen molar-refractivity contribution in [3.05, 3.63) is 0 Å². The van der Waals surface area contributed by atoms with E-state index < -0.39 is 0 Å². The Morgan fingerprint density at radius 2 is 1.79 bits per heavy atom. The van der Waals surface area contributed by atoms with Crippen LogP contribution in [0, 0.1) is 0 Å². The van der Waals surface area contributed by atoms with E-state index >= 15 is 0 Å². The van der Waals surface area contributed by atoms with Gasteiger partial charge >= 0.3 is 0 Å². The van der Waals surface area contributed by atoms with Crippen LogP contribution < -0.4 is 0 Å². The maximum absolute atomic E-state index is 11.3. The summed E-state index contributed by atoms with van der Waals surface area (Å²) >= 11 is 3.31. The number of alkyl halides is 1. The lowest BCUT2D eigenvalue weighted by Gasteiger charge is -2.19. The molecule has 2 nitrogen and oxygen atoms in total. The fourth-order valence-electron chi connectivity index (χ4n) is 1.04. The predicted octanol–water partition coefficient (Wildman–Crippen LogP) is 3.33. The van der Waals surface area contributed by atoms with Gasteiger partial charge in [0.2, 0.25) is 0 Å². The van der Waals surface area contributed by atoms with Crippen molar-refractivity contribution >= 4 is 21.7 Å². The minimum Gasteiger partial charge on any atom is -0.376 e. The molecule has 0 heterocycles. The van der Waals surface area contributed by atoms with Gasteiger partial charge in [0.25, 0.3) is 0 Å². The monoisotopic (exact) mass is 264 g/mol. The van der Waals surface area contributed by atoms with Crippen LogP contribution in [0.4, 0.5) is 0 Å². The van der Waals surface area contributed by atoms with Crippen molar-refractivity contribution in [1.82, 2.24) is 0 Å². The molecule has 0 aromatic rings. The lowest BCUT2D eigenvalue weighted by atomic mass is 10.1. The van der Waals surface area contributed by atoms with Gasteiger partial charge in [-0.2, -0.15) is 0 Å². The topological polar surface area (TPSA) is 26.3 Å². The highest BCUT2D eigenvalue weighted by Gasteiger charge is 2.09. The first-order valence-electron chi connectivity index (χ1n) is 5.17. The van der Waals surface area contributed by atoms with Crippen molar-refractivity contribution in [2.24, 2.45) is 0 Å². The van der Waals surface area contributed by atoms with Crippen molar-refractivity contribution in [3.63, 3.8) is 0 Å². The van der Waals surface area contributed by atoms with Gasteiger partial charge in [0.05, 0.1) is 5.60 Å². The summed E-state index contributed by atoms with van der Waals surface area (Å²) in [6.07, 6.45) is 3.14. The molecule has 0 aromatic heterocycles. The smallest absolute Gasteiger partial charge is 0.133 e. The van der Waals surface area contributed by atoms with Crippen LogP contribution in [0.3, 0.4) is 0 Å². The normalized spacial score (nSPS) is 11.7. The molecule has 0 aliphatic rings. The number of halogens is 1. The lowest BCUT2D eigenvalue weighted by Crippen LogP contribution is -2.20. The van der Waals surface area contributed by atoms with Gasteiger partial charge in [-0.3, -0.25) is 4.79 Å². The number of hydrogen-bond donors (Lipinski definition) is 0. The van der Waals surface area contributed by atoms with E-state index in [2.05, 4.69) is 15.9 Å². The maximum Gasteiger partial charge on any atom is 0.133 e. The molecule has 0 bridgehead atoms. The van der Waals surface area contributed by atoms with Crippen LogP contribution in [-0.4, -0.2) is 23.3 Å². The second-order valence-corrected chi connectivity index (χ2v) is 5.19. The largest absolute Gasteiger partial charge is 0.376 e. The van der Waals surface area contributed by atoms with Gasteiger partial charge in [-0.05, 0) is 33.6 Å². The van der Waals surface area contributed by atoms with E-state index in [4.69, 9.17) is 4.74 Å². The van der Waals surface area contributed by atoms with Gasteiger partial charge < -0.3 is 4.74 Å². The number of Topliss-reactive ketones (excluding diaryl/α,β-unsaturated/α-hetero) is 1. The van der Waals surface area contributed by atoms with Crippen LogP contribution >= 0.6 is 15.9 Å². The van der Waals surface area contributed by atoms with Gasteiger partial charge in [-0.15, -0.1) is 0 Å². The zero-order chi connectivity index (χ0) is 11.0. The Hall–Kier alpha value is 0.110. The first-order valence-corrected chi connectivity index (χ1v) is 6.29. The fraction of sp³-hybridized carbons (Fsp3) is 0.909. The standard InChI is InChI=1S/C11H21BrO2/c1-11(2,3)14-9-5-7-10(13)6-4-8-12/h4-9H2,1-3H3. The van der Waals surface area contributed by atoms with E-state index in [1.807, 2.05) is 20.8 Å². The van der Waals surface area contributed by atoms with Crippen LogP contribution in [-0.2, 0) is 9.53 Å². The molecule has 0 rings (SSSR count). The van der Waals surface area contributed by atoms with Crippen LogP contribution in [0.1, 0.15) is 46.5 Å². The highest BCUT2D eigenvalue weighted by molar-refractivity contribution is 9.09. The van der Waals surface area contributed by atoms with E-state index in [1.165, 1.54) is 0 Å². The van der Waals surface area contributed by atoms with Gasteiger partial charge in [0.15, 0.2) is 0 Å². The van der Waals surface area contributed by atoms with Crippen molar-refractivity contribution < 1.29 is 9.53 Å². The van der Waals surface area contributed by atoms with E-state index in [9.17, 15) is 4.79 Å². The number of rotatable bonds is 7. The SMILES string of the molecule is CC(C)(C)OCCCC(=O)CCCBr. The van der Waals surface area contributed by atoms with E-state index in [0.29, 0.717) is 25.2 Å². The second kappa shape index (κ2) is 7.41. The molecule has 0 saturated heterocycles. The number of ketones is 1. The molecule has 0 aliphatic carbocycles. The van der Waals surface area contributed by atoms with Crippen molar-refractivity contribution in [3.8, 4) is 0 Å². The summed E-state index contributed by atoms with van der Waals surface area (Å²) in [5.41, 5.74) is -0.0844. The minimum absolute atomic E-state index is 0.0844. The van der Waals surface area contributed by atoms with Gasteiger partial charge in [-0.1, -0.05) is 15.9 Å². The Balaban J connectivity index is 3.32. The summed E-state index contributed by atoms with van der Waals surface area (Å²) in [6, 6.07) is 0.